The number of ketones is 1. The Morgan fingerprint density at radius 1 is 1.03 bits per heavy atom. The molecule has 2 amide bonds. The van der Waals surface area contributed by atoms with Gasteiger partial charge in [0.25, 0.3) is 11.8 Å². The van der Waals surface area contributed by atoms with Gasteiger partial charge in [-0.3, -0.25) is 19.3 Å². The molecular formula is C29H30N2O4S. The maximum Gasteiger partial charge on any atom is 0.294 e. The summed E-state index contributed by atoms with van der Waals surface area (Å²) in [6, 6.07) is 17.6. The van der Waals surface area contributed by atoms with E-state index in [0.29, 0.717) is 16.8 Å². The Morgan fingerprint density at radius 2 is 1.69 bits per heavy atom. The zero-order valence-corrected chi connectivity index (χ0v) is 21.9. The van der Waals surface area contributed by atoms with Gasteiger partial charge in [-0.05, 0) is 54.3 Å². The van der Waals surface area contributed by atoms with Gasteiger partial charge in [-0.15, -0.1) is 11.3 Å². The topological polar surface area (TPSA) is 77.9 Å². The summed E-state index contributed by atoms with van der Waals surface area (Å²) in [5.74, 6) is -1.73. The first kappa shape index (κ1) is 25.4. The van der Waals surface area contributed by atoms with Crippen molar-refractivity contribution in [3.05, 3.63) is 88.0 Å². The smallest absolute Gasteiger partial charge is 0.294 e. The number of hydrogen-bond acceptors (Lipinski definition) is 5. The fraction of sp³-hybridized carbons (Fsp3) is 0.276. The van der Waals surface area contributed by atoms with E-state index in [1.165, 1.54) is 14.7 Å². The van der Waals surface area contributed by atoms with E-state index in [0.717, 1.165) is 10.4 Å². The van der Waals surface area contributed by atoms with E-state index in [1.54, 1.807) is 49.7 Å². The molecule has 2 aromatic carbocycles. The number of rotatable bonds is 7. The van der Waals surface area contributed by atoms with Gasteiger partial charge in [-0.1, -0.05) is 44.2 Å². The number of carbonyl (C=O) groups excluding carboxylic acids is 3. The molecule has 1 aliphatic rings. The van der Waals surface area contributed by atoms with E-state index in [1.807, 2.05) is 45.0 Å². The van der Waals surface area contributed by atoms with Crippen molar-refractivity contribution < 1.29 is 19.5 Å². The van der Waals surface area contributed by atoms with Crippen LogP contribution in [0.15, 0.2) is 72.0 Å². The van der Waals surface area contributed by atoms with E-state index in [-0.39, 0.29) is 29.6 Å². The summed E-state index contributed by atoms with van der Waals surface area (Å²) in [5, 5.41) is 11.0. The average molecular weight is 503 g/mol. The fourth-order valence-corrected chi connectivity index (χ4v) is 5.35. The molecule has 1 aromatic heterocycles. The second-order valence-electron chi connectivity index (χ2n) is 9.61. The van der Waals surface area contributed by atoms with E-state index >= 15 is 0 Å². The van der Waals surface area contributed by atoms with Crippen molar-refractivity contribution in [2.75, 3.05) is 19.0 Å². The van der Waals surface area contributed by atoms with Gasteiger partial charge in [0.2, 0.25) is 0 Å². The van der Waals surface area contributed by atoms with Crippen molar-refractivity contribution in [2.45, 2.75) is 33.2 Å². The van der Waals surface area contributed by atoms with Gasteiger partial charge in [0, 0.05) is 41.5 Å². The number of nitrogens with zero attached hydrogens (tertiary/aromatic N) is 2. The molecule has 1 unspecified atom stereocenters. The fourth-order valence-electron chi connectivity index (χ4n) is 4.48. The van der Waals surface area contributed by atoms with E-state index in [9.17, 15) is 19.5 Å². The molecule has 0 saturated carbocycles. The number of aliphatic hydroxyl groups excluding tert-OH is 1. The molecule has 1 atom stereocenters. The minimum Gasteiger partial charge on any atom is -0.503 e. The third-order valence-electron chi connectivity index (χ3n) is 6.16. The number of hydrogen-bond donors (Lipinski definition) is 1. The quantitative estimate of drug-likeness (QED) is 0.434. The summed E-state index contributed by atoms with van der Waals surface area (Å²) < 4.78 is 0. The Hall–Kier alpha value is -3.71. The van der Waals surface area contributed by atoms with Gasteiger partial charge >= 0.3 is 0 Å². The van der Waals surface area contributed by atoms with Crippen molar-refractivity contribution in [3.63, 3.8) is 0 Å². The number of anilines is 1. The van der Waals surface area contributed by atoms with Gasteiger partial charge in [-0.2, -0.15) is 0 Å². The molecule has 186 valence electrons. The summed E-state index contributed by atoms with van der Waals surface area (Å²) in [4.78, 5) is 45.0. The van der Waals surface area contributed by atoms with Crippen LogP contribution in [0.2, 0.25) is 0 Å². The van der Waals surface area contributed by atoms with Crippen LogP contribution in [-0.2, 0) is 9.59 Å². The third-order valence-corrected chi connectivity index (χ3v) is 7.21. The molecule has 0 fully saturated rings. The second-order valence-corrected chi connectivity index (χ2v) is 10.9. The van der Waals surface area contributed by atoms with Crippen LogP contribution in [0, 0.1) is 12.8 Å². The number of aryl methyl sites for hydroxylation is 1. The lowest BCUT2D eigenvalue weighted by Gasteiger charge is -2.29. The average Bonchev–Trinajstić information content (AvgIpc) is 3.39. The van der Waals surface area contributed by atoms with E-state index in [2.05, 4.69) is 12.1 Å². The van der Waals surface area contributed by atoms with E-state index in [4.69, 9.17) is 0 Å². The maximum absolute atomic E-state index is 13.4. The predicted octanol–water partition coefficient (Wildman–Crippen LogP) is 5.94. The Balaban J connectivity index is 1.85. The predicted molar refractivity (Wildman–Crippen MR) is 143 cm³/mol. The molecule has 0 radical (unpaired) electrons. The first-order valence-corrected chi connectivity index (χ1v) is 12.7. The Kier molecular flexibility index (Phi) is 7.13. The zero-order chi connectivity index (χ0) is 26.1. The lowest BCUT2D eigenvalue weighted by atomic mass is 9.89. The third kappa shape index (κ3) is 4.71. The highest BCUT2D eigenvalue weighted by Crippen LogP contribution is 2.43. The molecule has 3 aromatic rings. The standard InChI is InChI=1S/C29H30N2O4S/c1-17(2)16-23(32)25-26(21-8-6-7-9-22(21)28(34)30(4)5)31(29(35)27(25)33)20-13-11-19(12-14-20)24-15-10-18(3)36-24/h6-15,17,26,33H,16H2,1-5H3. The molecule has 0 spiro atoms. The van der Waals surface area contributed by atoms with Gasteiger partial charge in [0.05, 0.1) is 11.6 Å². The molecule has 1 aliphatic heterocycles. The van der Waals surface area contributed by atoms with Crippen LogP contribution in [-0.4, -0.2) is 41.7 Å². The lowest BCUT2D eigenvalue weighted by molar-refractivity contribution is -0.118. The largest absolute Gasteiger partial charge is 0.503 e. The molecule has 0 saturated heterocycles. The van der Waals surface area contributed by atoms with Crippen LogP contribution >= 0.6 is 11.3 Å². The molecule has 4 rings (SSSR count). The summed E-state index contributed by atoms with van der Waals surface area (Å²) in [6.07, 6.45) is 0.178. The van der Waals surface area contributed by atoms with Crippen molar-refractivity contribution in [1.29, 1.82) is 0 Å². The number of amides is 2. The first-order chi connectivity index (χ1) is 17.1. The number of thiophene rings is 1. The lowest BCUT2D eigenvalue weighted by Crippen LogP contribution is -2.33. The number of benzene rings is 2. The number of carbonyl (C=O) groups is 3. The molecule has 36 heavy (non-hydrogen) atoms. The normalized spacial score (nSPS) is 15.7. The Bertz CT molecular complexity index is 1350. The van der Waals surface area contributed by atoms with Gasteiger partial charge in [0.15, 0.2) is 11.5 Å². The highest BCUT2D eigenvalue weighted by Gasteiger charge is 2.45. The maximum atomic E-state index is 13.4. The summed E-state index contributed by atoms with van der Waals surface area (Å²) >= 11 is 1.68. The van der Waals surface area contributed by atoms with Crippen molar-refractivity contribution in [1.82, 2.24) is 4.90 Å². The number of Topliss-reactive ketones (excluding diaryl/α,β-unsaturated/α-hetero) is 1. The van der Waals surface area contributed by atoms with Crippen LogP contribution in [0.1, 0.15) is 47.1 Å². The molecule has 7 heteroatoms. The first-order valence-electron chi connectivity index (χ1n) is 11.9. The van der Waals surface area contributed by atoms with Gasteiger partial charge < -0.3 is 10.0 Å². The van der Waals surface area contributed by atoms with Crippen LogP contribution < -0.4 is 4.90 Å². The van der Waals surface area contributed by atoms with Crippen molar-refractivity contribution >= 4 is 34.6 Å². The monoisotopic (exact) mass is 502 g/mol. The van der Waals surface area contributed by atoms with Crippen LogP contribution in [0.3, 0.4) is 0 Å². The number of aliphatic hydroxyl groups is 1. The van der Waals surface area contributed by atoms with Gasteiger partial charge in [-0.25, -0.2) is 0 Å². The Labute approximate surface area is 215 Å². The van der Waals surface area contributed by atoms with E-state index < -0.39 is 17.7 Å². The Morgan fingerprint density at radius 3 is 2.28 bits per heavy atom. The highest BCUT2D eigenvalue weighted by molar-refractivity contribution is 7.15. The summed E-state index contributed by atoms with van der Waals surface area (Å²) in [5.41, 5.74) is 2.45. The minimum atomic E-state index is -0.918. The van der Waals surface area contributed by atoms with Crippen LogP contribution in [0.25, 0.3) is 10.4 Å². The molecular weight excluding hydrogens is 472 g/mol. The SMILES string of the molecule is Cc1ccc(-c2ccc(N3C(=O)C(O)=C(C(=O)CC(C)C)C3c3ccccc3C(=O)N(C)C)cc2)s1. The molecule has 0 bridgehead atoms. The van der Waals surface area contributed by atoms with Crippen molar-refractivity contribution in [3.8, 4) is 10.4 Å². The van der Waals surface area contributed by atoms with Crippen LogP contribution in [0.5, 0.6) is 0 Å². The minimum absolute atomic E-state index is 0.0330. The highest BCUT2D eigenvalue weighted by atomic mass is 32.1. The summed E-state index contributed by atoms with van der Waals surface area (Å²) in [6.45, 7) is 5.87. The zero-order valence-electron chi connectivity index (χ0n) is 21.1. The van der Waals surface area contributed by atoms with Crippen molar-refractivity contribution in [2.24, 2.45) is 5.92 Å². The molecule has 6 nitrogen and oxygen atoms in total. The molecule has 2 heterocycles. The molecule has 0 aliphatic carbocycles. The van der Waals surface area contributed by atoms with Crippen LogP contribution in [0.4, 0.5) is 5.69 Å². The summed E-state index contributed by atoms with van der Waals surface area (Å²) in [7, 11) is 3.31. The van der Waals surface area contributed by atoms with Gasteiger partial charge in [0.1, 0.15) is 0 Å². The second kappa shape index (κ2) is 10.1. The molecule has 1 N–H and O–H groups in total.